The van der Waals surface area contributed by atoms with E-state index in [0.717, 1.165) is 49.9 Å². The highest BCUT2D eigenvalue weighted by Gasteiger charge is 2.23. The minimum Gasteiger partial charge on any atom is -0.369 e. The van der Waals surface area contributed by atoms with E-state index in [-0.39, 0.29) is 13.1 Å². The van der Waals surface area contributed by atoms with Gasteiger partial charge in [-0.1, -0.05) is 6.07 Å². The van der Waals surface area contributed by atoms with E-state index in [4.69, 9.17) is 0 Å². The van der Waals surface area contributed by atoms with E-state index in [9.17, 15) is 17.2 Å². The van der Waals surface area contributed by atoms with Crippen molar-refractivity contribution in [3.05, 3.63) is 41.7 Å². The topological polar surface area (TPSA) is 87.2 Å². The maximum absolute atomic E-state index is 13.7. The normalized spacial score (nSPS) is 14.6. The first-order valence-corrected chi connectivity index (χ1v) is 10.1. The maximum atomic E-state index is 13.7. The first-order valence-electron chi connectivity index (χ1n) is 8.65. The summed E-state index contributed by atoms with van der Waals surface area (Å²) in [5.41, 5.74) is 0. The lowest BCUT2D eigenvalue weighted by Crippen LogP contribution is -2.30. The number of benzene rings is 1. The number of rotatable bonds is 7. The van der Waals surface area contributed by atoms with Crippen molar-refractivity contribution in [2.45, 2.75) is 24.7 Å². The van der Waals surface area contributed by atoms with Gasteiger partial charge in [-0.15, -0.1) is 0 Å². The van der Waals surface area contributed by atoms with Crippen molar-refractivity contribution in [1.82, 2.24) is 14.7 Å². The lowest BCUT2D eigenvalue weighted by Gasteiger charge is -2.18. The van der Waals surface area contributed by atoms with E-state index in [2.05, 4.69) is 24.9 Å². The predicted octanol–water partition coefficient (Wildman–Crippen LogP) is 2.05. The standard InChI is InChI=1S/C17H21F2N5O2S/c1-12-22-15(11-16(23-12)24-9-2-3-10-24)20-7-8-21-27(25,26)17-13(18)5-4-6-14(17)19/h4-6,11,21H,2-3,7-10H2,1H3,(H,20,22,23). The zero-order valence-electron chi connectivity index (χ0n) is 14.9. The fourth-order valence-corrected chi connectivity index (χ4v) is 4.10. The van der Waals surface area contributed by atoms with Gasteiger partial charge < -0.3 is 10.2 Å². The highest BCUT2D eigenvalue weighted by molar-refractivity contribution is 7.89. The molecule has 2 heterocycles. The number of sulfonamides is 1. The molecule has 0 amide bonds. The van der Waals surface area contributed by atoms with Crippen LogP contribution in [0.25, 0.3) is 0 Å². The molecule has 2 aromatic rings. The summed E-state index contributed by atoms with van der Waals surface area (Å²) >= 11 is 0. The van der Waals surface area contributed by atoms with E-state index >= 15 is 0 Å². The fraction of sp³-hybridized carbons (Fsp3) is 0.412. The number of anilines is 2. The van der Waals surface area contributed by atoms with Crippen molar-refractivity contribution < 1.29 is 17.2 Å². The minimum absolute atomic E-state index is 0.0573. The molecule has 1 aromatic heterocycles. The predicted molar refractivity (Wildman–Crippen MR) is 98.3 cm³/mol. The van der Waals surface area contributed by atoms with Crippen molar-refractivity contribution >= 4 is 21.7 Å². The summed E-state index contributed by atoms with van der Waals surface area (Å²) in [6.45, 7) is 3.83. The van der Waals surface area contributed by atoms with Gasteiger partial charge in [0.05, 0.1) is 0 Å². The molecule has 1 fully saturated rings. The van der Waals surface area contributed by atoms with Gasteiger partial charge in [-0.25, -0.2) is 31.9 Å². The zero-order valence-corrected chi connectivity index (χ0v) is 15.7. The molecule has 0 unspecified atom stereocenters. The average molecular weight is 397 g/mol. The number of hydrogen-bond acceptors (Lipinski definition) is 6. The molecule has 1 saturated heterocycles. The largest absolute Gasteiger partial charge is 0.369 e. The smallest absolute Gasteiger partial charge is 0.246 e. The van der Waals surface area contributed by atoms with Crippen molar-refractivity contribution in [1.29, 1.82) is 0 Å². The SMILES string of the molecule is Cc1nc(NCCNS(=O)(=O)c2c(F)cccc2F)cc(N2CCCC2)n1. The van der Waals surface area contributed by atoms with Gasteiger partial charge in [0.15, 0.2) is 4.90 Å². The summed E-state index contributed by atoms with van der Waals surface area (Å²) in [5, 5.41) is 3.01. The average Bonchev–Trinajstić information content (AvgIpc) is 3.12. The first kappa shape index (κ1) is 19.4. The second kappa shape index (κ2) is 8.13. The molecule has 3 rings (SSSR count). The van der Waals surface area contributed by atoms with Crippen LogP contribution in [0.2, 0.25) is 0 Å². The minimum atomic E-state index is -4.29. The van der Waals surface area contributed by atoms with Gasteiger partial charge in [-0.05, 0) is 31.9 Å². The summed E-state index contributed by atoms with van der Waals surface area (Å²) in [4.78, 5) is 9.90. The number of nitrogens with one attached hydrogen (secondary N) is 2. The molecule has 10 heteroatoms. The highest BCUT2D eigenvalue weighted by atomic mass is 32.2. The number of aromatic nitrogens is 2. The van der Waals surface area contributed by atoms with Crippen LogP contribution < -0.4 is 14.9 Å². The molecule has 0 radical (unpaired) electrons. The first-order chi connectivity index (χ1) is 12.9. The van der Waals surface area contributed by atoms with Crippen LogP contribution in [0.3, 0.4) is 0 Å². The molecular weight excluding hydrogens is 376 g/mol. The van der Waals surface area contributed by atoms with Crippen LogP contribution in [0.5, 0.6) is 0 Å². The number of halogens is 2. The third-order valence-corrected chi connectivity index (χ3v) is 5.68. The quantitative estimate of drug-likeness (QED) is 0.696. The molecule has 0 bridgehead atoms. The molecule has 0 spiro atoms. The third kappa shape index (κ3) is 4.69. The summed E-state index contributed by atoms with van der Waals surface area (Å²) in [6, 6.07) is 4.73. The van der Waals surface area contributed by atoms with Crippen molar-refractivity contribution in [2.24, 2.45) is 0 Å². The Labute approximate surface area is 156 Å². The van der Waals surface area contributed by atoms with Crippen LogP contribution in [0.15, 0.2) is 29.2 Å². The number of aryl methyl sites for hydroxylation is 1. The maximum Gasteiger partial charge on any atom is 0.246 e. The molecule has 27 heavy (non-hydrogen) atoms. The number of nitrogens with zero attached hydrogens (tertiary/aromatic N) is 3. The van der Waals surface area contributed by atoms with Gasteiger partial charge >= 0.3 is 0 Å². The Bertz CT molecular complexity index is 897. The third-order valence-electron chi connectivity index (χ3n) is 4.17. The van der Waals surface area contributed by atoms with Crippen LogP contribution in [0.4, 0.5) is 20.4 Å². The fourth-order valence-electron chi connectivity index (χ4n) is 2.94. The lowest BCUT2D eigenvalue weighted by atomic mass is 10.3. The van der Waals surface area contributed by atoms with E-state index in [1.165, 1.54) is 0 Å². The molecule has 0 aliphatic carbocycles. The van der Waals surface area contributed by atoms with E-state index in [1.807, 2.05) is 6.07 Å². The Kier molecular flexibility index (Phi) is 5.85. The summed E-state index contributed by atoms with van der Waals surface area (Å²) in [7, 11) is -4.29. The van der Waals surface area contributed by atoms with Gasteiger partial charge in [-0.2, -0.15) is 0 Å². The zero-order chi connectivity index (χ0) is 19.4. The van der Waals surface area contributed by atoms with Crippen molar-refractivity contribution in [3.8, 4) is 0 Å². The summed E-state index contributed by atoms with van der Waals surface area (Å²) in [5.74, 6) is -0.248. The van der Waals surface area contributed by atoms with Gasteiger partial charge in [-0.3, -0.25) is 0 Å². The molecule has 0 saturated carbocycles. The molecule has 2 N–H and O–H groups in total. The Hall–Kier alpha value is -2.33. The van der Waals surface area contributed by atoms with Crippen molar-refractivity contribution in [3.63, 3.8) is 0 Å². The van der Waals surface area contributed by atoms with Crippen LogP contribution in [-0.2, 0) is 10.0 Å². The Morgan fingerprint density at radius 3 is 2.44 bits per heavy atom. The summed E-state index contributed by atoms with van der Waals surface area (Å²) < 4.78 is 53.7. The molecule has 1 aromatic carbocycles. The second-order valence-corrected chi connectivity index (χ2v) is 7.93. The van der Waals surface area contributed by atoms with Gasteiger partial charge in [0.1, 0.15) is 29.1 Å². The van der Waals surface area contributed by atoms with Gasteiger partial charge in [0.2, 0.25) is 10.0 Å². The second-order valence-electron chi connectivity index (χ2n) is 6.23. The molecular formula is C17H21F2N5O2S. The monoisotopic (exact) mass is 397 g/mol. The van der Waals surface area contributed by atoms with Crippen LogP contribution in [-0.4, -0.2) is 44.6 Å². The van der Waals surface area contributed by atoms with Crippen LogP contribution in [0.1, 0.15) is 18.7 Å². The Morgan fingerprint density at radius 1 is 1.11 bits per heavy atom. The van der Waals surface area contributed by atoms with E-state index < -0.39 is 26.6 Å². The molecule has 7 nitrogen and oxygen atoms in total. The van der Waals surface area contributed by atoms with E-state index in [1.54, 1.807) is 6.92 Å². The Morgan fingerprint density at radius 2 is 1.78 bits per heavy atom. The summed E-state index contributed by atoms with van der Waals surface area (Å²) in [6.07, 6.45) is 2.25. The molecule has 1 aliphatic rings. The van der Waals surface area contributed by atoms with Crippen molar-refractivity contribution in [2.75, 3.05) is 36.4 Å². The highest BCUT2D eigenvalue weighted by Crippen LogP contribution is 2.20. The number of hydrogen-bond donors (Lipinski definition) is 2. The molecule has 146 valence electrons. The van der Waals surface area contributed by atoms with Crippen LogP contribution in [0, 0.1) is 18.6 Å². The Balaban J connectivity index is 1.60. The van der Waals surface area contributed by atoms with E-state index in [0.29, 0.717) is 11.6 Å². The lowest BCUT2D eigenvalue weighted by molar-refractivity contribution is 0.514. The molecule has 0 atom stereocenters. The van der Waals surface area contributed by atoms with Gasteiger partial charge in [0.25, 0.3) is 0 Å². The van der Waals surface area contributed by atoms with Crippen LogP contribution >= 0.6 is 0 Å². The molecule has 1 aliphatic heterocycles. The van der Waals surface area contributed by atoms with Gasteiger partial charge in [0, 0.05) is 32.2 Å².